The first-order valence-corrected chi connectivity index (χ1v) is 7.16. The Morgan fingerprint density at radius 1 is 1.42 bits per heavy atom. The first-order chi connectivity index (χ1) is 8.66. The van der Waals surface area contributed by atoms with Crippen LogP contribution in [0.5, 0.6) is 5.75 Å². The highest BCUT2D eigenvalue weighted by atomic mass is 35.5. The fourth-order valence-electron chi connectivity index (χ4n) is 1.35. The fraction of sp³-hybridized carbons (Fsp3) is 0.462. The summed E-state index contributed by atoms with van der Waals surface area (Å²) in [6.07, 6.45) is 0. The lowest BCUT2D eigenvalue weighted by atomic mass is 10.1. The summed E-state index contributed by atoms with van der Waals surface area (Å²) in [5.41, 5.74) is 0.830. The normalized spacial score (nSPS) is 14.4. The second-order valence-electron chi connectivity index (χ2n) is 5.01. The Morgan fingerprint density at radius 3 is 2.47 bits per heavy atom. The highest BCUT2D eigenvalue weighted by Gasteiger charge is 2.20. The molecule has 19 heavy (non-hydrogen) atoms. The Balaban J connectivity index is 3.30. The molecular weight excluding hydrogens is 289 g/mol. The van der Waals surface area contributed by atoms with Crippen molar-refractivity contribution in [2.75, 3.05) is 7.11 Å². The van der Waals surface area contributed by atoms with E-state index in [-0.39, 0.29) is 5.02 Å². The van der Waals surface area contributed by atoms with Crippen LogP contribution in [0.4, 0.5) is 4.39 Å². The molecule has 0 heterocycles. The molecule has 0 N–H and O–H groups in total. The predicted octanol–water partition coefficient (Wildman–Crippen LogP) is 3.76. The van der Waals surface area contributed by atoms with Gasteiger partial charge < -0.3 is 4.74 Å². The Labute approximate surface area is 120 Å². The highest BCUT2D eigenvalue weighted by Crippen LogP contribution is 2.30. The molecule has 6 heteroatoms. The maximum atomic E-state index is 13.4. The molecule has 106 valence electrons. The maximum Gasteiger partial charge on any atom is 0.146 e. The van der Waals surface area contributed by atoms with Crippen LogP contribution in [-0.4, -0.2) is 21.8 Å². The smallest absolute Gasteiger partial charge is 0.146 e. The van der Waals surface area contributed by atoms with E-state index in [1.807, 2.05) is 20.8 Å². The Kier molecular flexibility index (Phi) is 5.10. The lowest BCUT2D eigenvalue weighted by Gasteiger charge is -2.15. The number of hydrogen-bond donors (Lipinski definition) is 0. The molecule has 1 rings (SSSR count). The molecule has 0 aliphatic carbocycles. The van der Waals surface area contributed by atoms with Crippen molar-refractivity contribution in [3.63, 3.8) is 0 Å². The molecule has 1 aromatic carbocycles. The molecule has 0 aromatic heterocycles. The monoisotopic (exact) mass is 305 g/mol. The quantitative estimate of drug-likeness (QED) is 0.798. The third-order valence-electron chi connectivity index (χ3n) is 2.35. The van der Waals surface area contributed by atoms with Crippen LogP contribution in [0.15, 0.2) is 16.5 Å². The third kappa shape index (κ3) is 4.01. The highest BCUT2D eigenvalue weighted by molar-refractivity contribution is 7.85. The van der Waals surface area contributed by atoms with Crippen LogP contribution < -0.4 is 4.74 Å². The molecule has 0 spiro atoms. The zero-order valence-corrected chi connectivity index (χ0v) is 13.2. The molecule has 0 aliphatic rings. The Hall–Kier alpha value is -0.940. The van der Waals surface area contributed by atoms with Gasteiger partial charge in [0.15, 0.2) is 0 Å². The van der Waals surface area contributed by atoms with Gasteiger partial charge in [-0.3, -0.25) is 0 Å². The van der Waals surface area contributed by atoms with Gasteiger partial charge in [0.1, 0.15) is 22.6 Å². The molecule has 0 aliphatic heterocycles. The number of nitrogens with zero attached hydrogens (tertiary/aromatic N) is 1. The minimum absolute atomic E-state index is 0.161. The lowest BCUT2D eigenvalue weighted by Crippen LogP contribution is -2.20. The van der Waals surface area contributed by atoms with Crippen molar-refractivity contribution in [3.8, 4) is 5.75 Å². The van der Waals surface area contributed by atoms with E-state index in [1.54, 1.807) is 6.92 Å². The molecule has 3 nitrogen and oxygen atoms in total. The molecule has 0 amide bonds. The van der Waals surface area contributed by atoms with Gasteiger partial charge in [-0.2, -0.15) is 4.40 Å². The van der Waals surface area contributed by atoms with Gasteiger partial charge in [0.25, 0.3) is 0 Å². The molecule has 0 radical (unpaired) electrons. The summed E-state index contributed by atoms with van der Waals surface area (Å²) < 4.78 is 34.1. The number of ether oxygens (including phenoxy) is 1. The van der Waals surface area contributed by atoms with E-state index in [0.29, 0.717) is 17.0 Å². The van der Waals surface area contributed by atoms with Crippen molar-refractivity contribution >= 4 is 28.3 Å². The molecule has 1 atom stereocenters. The Morgan fingerprint density at radius 2 is 2.00 bits per heavy atom. The summed E-state index contributed by atoms with van der Waals surface area (Å²) >= 11 is 5.91. The van der Waals surface area contributed by atoms with Gasteiger partial charge >= 0.3 is 0 Å². The van der Waals surface area contributed by atoms with E-state index < -0.39 is 21.5 Å². The fourth-order valence-corrected chi connectivity index (χ4v) is 2.25. The van der Waals surface area contributed by atoms with Crippen LogP contribution in [0.1, 0.15) is 33.3 Å². The minimum Gasteiger partial charge on any atom is -0.494 e. The van der Waals surface area contributed by atoms with Gasteiger partial charge in [-0.25, -0.2) is 8.60 Å². The van der Waals surface area contributed by atoms with Crippen molar-refractivity contribution in [3.05, 3.63) is 28.5 Å². The van der Waals surface area contributed by atoms with Gasteiger partial charge in [-0.1, -0.05) is 11.6 Å². The third-order valence-corrected chi connectivity index (χ3v) is 4.11. The second-order valence-corrected chi connectivity index (χ2v) is 7.32. The summed E-state index contributed by atoms with van der Waals surface area (Å²) in [7, 11) is 0.0166. The lowest BCUT2D eigenvalue weighted by molar-refractivity contribution is 0.413. The van der Waals surface area contributed by atoms with E-state index in [4.69, 9.17) is 16.3 Å². The standard InChI is InChI=1S/C13H17ClFNO2S/c1-8(16-19(17)13(2,3)4)10-6-9(15)7-11(14)12(10)18-5/h6-7H,1-5H3/b16-8+/t19-/m1/s1. The predicted molar refractivity (Wildman–Crippen MR) is 78.1 cm³/mol. The van der Waals surface area contributed by atoms with Crippen LogP contribution in [0.3, 0.4) is 0 Å². The molecular formula is C13H17ClFNO2S. The van der Waals surface area contributed by atoms with Gasteiger partial charge in [-0.05, 0) is 39.8 Å². The van der Waals surface area contributed by atoms with Gasteiger partial charge in [0, 0.05) is 5.56 Å². The molecule has 1 aromatic rings. The maximum absolute atomic E-state index is 13.4. The number of hydrogen-bond acceptors (Lipinski definition) is 2. The number of halogens is 2. The summed E-state index contributed by atoms with van der Waals surface area (Å²) in [4.78, 5) is 0. The largest absolute Gasteiger partial charge is 0.494 e. The molecule has 0 unspecified atom stereocenters. The van der Waals surface area contributed by atoms with E-state index in [1.165, 1.54) is 13.2 Å². The zero-order chi connectivity index (χ0) is 14.8. The topological polar surface area (TPSA) is 38.7 Å². The van der Waals surface area contributed by atoms with Crippen molar-refractivity contribution in [1.29, 1.82) is 0 Å². The van der Waals surface area contributed by atoms with Crippen LogP contribution in [0.25, 0.3) is 0 Å². The van der Waals surface area contributed by atoms with Crippen LogP contribution in [0.2, 0.25) is 5.02 Å². The van der Waals surface area contributed by atoms with Crippen molar-refractivity contribution in [2.24, 2.45) is 4.40 Å². The van der Waals surface area contributed by atoms with Gasteiger partial charge in [0.2, 0.25) is 0 Å². The SMILES string of the molecule is COc1c(Cl)cc(F)cc1/C(C)=N/[S@](=O)C(C)(C)C. The molecule has 0 saturated carbocycles. The summed E-state index contributed by atoms with van der Waals surface area (Å²) in [6.45, 7) is 7.10. The number of rotatable bonds is 3. The Bertz CT molecular complexity index is 538. The van der Waals surface area contributed by atoms with Crippen molar-refractivity contribution < 1.29 is 13.3 Å². The van der Waals surface area contributed by atoms with Crippen molar-refractivity contribution in [1.82, 2.24) is 0 Å². The van der Waals surface area contributed by atoms with Crippen molar-refractivity contribution in [2.45, 2.75) is 32.4 Å². The molecule has 0 saturated heterocycles. The number of methoxy groups -OCH3 is 1. The molecule has 0 fully saturated rings. The first-order valence-electron chi connectivity index (χ1n) is 5.67. The van der Waals surface area contributed by atoms with E-state index in [0.717, 1.165) is 6.07 Å². The average Bonchev–Trinajstić information content (AvgIpc) is 2.26. The van der Waals surface area contributed by atoms with Crippen LogP contribution in [0, 0.1) is 5.82 Å². The van der Waals surface area contributed by atoms with Gasteiger partial charge in [-0.15, -0.1) is 0 Å². The van der Waals surface area contributed by atoms with E-state index in [2.05, 4.69) is 4.40 Å². The van der Waals surface area contributed by atoms with E-state index in [9.17, 15) is 8.60 Å². The van der Waals surface area contributed by atoms with E-state index >= 15 is 0 Å². The first kappa shape index (κ1) is 16.1. The average molecular weight is 306 g/mol. The summed E-state index contributed by atoms with van der Waals surface area (Å²) in [5, 5.41) is 0.161. The zero-order valence-electron chi connectivity index (χ0n) is 11.6. The van der Waals surface area contributed by atoms with Crippen LogP contribution >= 0.6 is 11.6 Å². The van der Waals surface area contributed by atoms with Crippen LogP contribution in [-0.2, 0) is 11.0 Å². The summed E-state index contributed by atoms with van der Waals surface area (Å²) in [6, 6.07) is 2.43. The minimum atomic E-state index is -1.42. The molecule has 0 bridgehead atoms. The second kappa shape index (κ2) is 6.01. The number of benzene rings is 1. The van der Waals surface area contributed by atoms with Gasteiger partial charge in [0.05, 0.1) is 22.6 Å². The summed E-state index contributed by atoms with van der Waals surface area (Å²) in [5.74, 6) is -0.160.